The fourth-order valence-electron chi connectivity index (χ4n) is 3.84. The van der Waals surface area contributed by atoms with Crippen molar-refractivity contribution in [3.63, 3.8) is 0 Å². The molecular weight excluding hydrogens is 402 g/mol. The van der Waals surface area contributed by atoms with Crippen LogP contribution in [0.25, 0.3) is 0 Å². The molecule has 0 aliphatic heterocycles. The van der Waals surface area contributed by atoms with Crippen molar-refractivity contribution < 1.29 is 23.8 Å². The van der Waals surface area contributed by atoms with Crippen LogP contribution < -0.4 is 0 Å². The summed E-state index contributed by atoms with van der Waals surface area (Å²) in [4.78, 5) is 16.9. The molecule has 2 aromatic rings. The molecule has 1 aromatic heterocycles. The van der Waals surface area contributed by atoms with Gasteiger partial charge in [0.05, 0.1) is 24.8 Å². The lowest BCUT2D eigenvalue weighted by Gasteiger charge is -2.38. The number of halogens is 3. The number of ketones is 1. The number of carbonyl (C=O) groups is 1. The van der Waals surface area contributed by atoms with Gasteiger partial charge in [-0.25, -0.2) is 8.78 Å². The predicted molar refractivity (Wildman–Crippen MR) is 101 cm³/mol. The normalized spacial score (nSPS) is 23.3. The van der Waals surface area contributed by atoms with Gasteiger partial charge in [-0.3, -0.25) is 9.78 Å². The third-order valence-electron chi connectivity index (χ3n) is 5.40. The van der Waals surface area contributed by atoms with Gasteiger partial charge in [0.2, 0.25) is 0 Å². The summed E-state index contributed by atoms with van der Waals surface area (Å²) in [6.07, 6.45) is 0.506. The van der Waals surface area contributed by atoms with Crippen LogP contribution in [0.1, 0.15) is 48.1 Å². The predicted octanol–water partition coefficient (Wildman–Crippen LogP) is 3.63. The highest BCUT2D eigenvalue weighted by Gasteiger charge is 2.51. The van der Waals surface area contributed by atoms with E-state index in [1.54, 1.807) is 0 Å². The molecule has 152 valence electrons. The number of nitriles is 1. The van der Waals surface area contributed by atoms with E-state index < -0.39 is 29.5 Å². The standard InChI is InChI=1S/C21H19ClF2N2O3/c22-17-11-14(23)10-13(12-27)15(17)3-4-18(28)21(24)6-5-20(29,7-8-25)19-16(21)2-1-9-26-19/h1-2,9-11,27,29H,3-7,12H2/t20-,21+/m1/s1. The second-order valence-electron chi connectivity index (χ2n) is 7.17. The number of alkyl halides is 1. The second-order valence-corrected chi connectivity index (χ2v) is 7.58. The Labute approximate surface area is 171 Å². The van der Waals surface area contributed by atoms with Crippen LogP contribution in [0.2, 0.25) is 5.02 Å². The summed E-state index contributed by atoms with van der Waals surface area (Å²) in [6, 6.07) is 6.95. The summed E-state index contributed by atoms with van der Waals surface area (Å²) < 4.78 is 29.3. The van der Waals surface area contributed by atoms with Crippen molar-refractivity contribution in [2.45, 2.75) is 50.0 Å². The first-order valence-corrected chi connectivity index (χ1v) is 9.48. The molecule has 1 heterocycles. The largest absolute Gasteiger partial charge is 0.392 e. The highest BCUT2D eigenvalue weighted by Crippen LogP contribution is 2.47. The van der Waals surface area contributed by atoms with E-state index in [1.165, 1.54) is 18.3 Å². The molecule has 0 unspecified atom stereocenters. The van der Waals surface area contributed by atoms with Crippen LogP contribution in [-0.4, -0.2) is 21.0 Å². The third-order valence-corrected chi connectivity index (χ3v) is 5.73. The second kappa shape index (κ2) is 8.15. The van der Waals surface area contributed by atoms with Gasteiger partial charge in [0.15, 0.2) is 11.5 Å². The average Bonchev–Trinajstić information content (AvgIpc) is 2.70. The maximum Gasteiger partial charge on any atom is 0.195 e. The molecular formula is C21H19ClF2N2O3. The topological polar surface area (TPSA) is 94.2 Å². The number of nitrogens with zero attached hydrogens (tertiary/aromatic N) is 2. The Morgan fingerprint density at radius 2 is 2.14 bits per heavy atom. The van der Waals surface area contributed by atoms with Gasteiger partial charge in [-0.2, -0.15) is 5.26 Å². The van der Waals surface area contributed by atoms with Crippen LogP contribution in [0.4, 0.5) is 8.78 Å². The zero-order valence-electron chi connectivity index (χ0n) is 15.5. The lowest BCUT2D eigenvalue weighted by molar-refractivity contribution is -0.134. The van der Waals surface area contributed by atoms with Gasteiger partial charge in [0, 0.05) is 23.2 Å². The Bertz CT molecular complexity index is 994. The SMILES string of the molecule is N#CC[C@]1(O)CC[C@@](F)(C(=O)CCc2c(Cl)cc(F)cc2CO)c2cccnc21. The zero-order chi connectivity index (χ0) is 21.2. The molecule has 0 radical (unpaired) electrons. The number of pyridine rings is 1. The average molecular weight is 421 g/mol. The van der Waals surface area contributed by atoms with E-state index in [4.69, 9.17) is 16.9 Å². The number of Topliss-reactive ketones (excluding diaryl/α,β-unsaturated/α-hetero) is 1. The molecule has 0 spiro atoms. The first-order valence-electron chi connectivity index (χ1n) is 9.10. The number of carbonyl (C=O) groups excluding carboxylic acids is 1. The van der Waals surface area contributed by atoms with Crippen molar-refractivity contribution in [3.05, 3.63) is 63.7 Å². The van der Waals surface area contributed by atoms with Crippen molar-refractivity contribution in [3.8, 4) is 6.07 Å². The molecule has 3 rings (SSSR count). The highest BCUT2D eigenvalue weighted by atomic mass is 35.5. The fraction of sp³-hybridized carbons (Fsp3) is 0.381. The van der Waals surface area contributed by atoms with Gasteiger partial charge in [-0.15, -0.1) is 0 Å². The van der Waals surface area contributed by atoms with Crippen molar-refractivity contribution in [2.75, 3.05) is 0 Å². The smallest absolute Gasteiger partial charge is 0.195 e. The Morgan fingerprint density at radius 3 is 2.83 bits per heavy atom. The number of fused-ring (bicyclic) bond motifs is 1. The lowest BCUT2D eigenvalue weighted by Crippen LogP contribution is -2.43. The zero-order valence-corrected chi connectivity index (χ0v) is 16.2. The van der Waals surface area contributed by atoms with Crippen LogP contribution in [-0.2, 0) is 29.1 Å². The van der Waals surface area contributed by atoms with E-state index in [9.17, 15) is 19.4 Å². The minimum Gasteiger partial charge on any atom is -0.392 e. The molecule has 1 aliphatic rings. The maximum absolute atomic E-state index is 15.9. The van der Waals surface area contributed by atoms with Gasteiger partial charge in [0.25, 0.3) is 0 Å². The number of hydrogen-bond donors (Lipinski definition) is 2. The monoisotopic (exact) mass is 420 g/mol. The number of benzene rings is 1. The van der Waals surface area contributed by atoms with Crippen LogP contribution in [0.5, 0.6) is 0 Å². The third kappa shape index (κ3) is 3.88. The van der Waals surface area contributed by atoms with Crippen molar-refractivity contribution in [1.82, 2.24) is 4.98 Å². The van der Waals surface area contributed by atoms with Crippen LogP contribution in [0, 0.1) is 17.1 Å². The van der Waals surface area contributed by atoms with Crippen LogP contribution in [0.3, 0.4) is 0 Å². The van der Waals surface area contributed by atoms with Crippen molar-refractivity contribution in [1.29, 1.82) is 5.26 Å². The summed E-state index contributed by atoms with van der Waals surface area (Å²) in [5.41, 5.74) is -3.38. The fourth-order valence-corrected chi connectivity index (χ4v) is 4.16. The minimum atomic E-state index is -2.36. The number of aliphatic hydroxyl groups is 2. The molecule has 1 aliphatic carbocycles. The molecule has 5 nitrogen and oxygen atoms in total. The molecule has 0 saturated heterocycles. The molecule has 0 amide bonds. The van der Waals surface area contributed by atoms with E-state index in [0.717, 1.165) is 12.1 Å². The molecule has 1 aromatic carbocycles. The summed E-state index contributed by atoms with van der Waals surface area (Å²) in [5.74, 6) is -1.34. The maximum atomic E-state index is 15.9. The molecule has 0 saturated carbocycles. The summed E-state index contributed by atoms with van der Waals surface area (Å²) in [6.45, 7) is -0.463. The lowest BCUT2D eigenvalue weighted by atomic mass is 9.71. The molecule has 0 bridgehead atoms. The molecule has 8 heteroatoms. The first-order chi connectivity index (χ1) is 13.7. The summed E-state index contributed by atoms with van der Waals surface area (Å²) in [5, 5.41) is 29.2. The molecule has 0 fully saturated rings. The summed E-state index contributed by atoms with van der Waals surface area (Å²) in [7, 11) is 0. The van der Waals surface area contributed by atoms with Gasteiger partial charge in [0.1, 0.15) is 11.4 Å². The summed E-state index contributed by atoms with van der Waals surface area (Å²) >= 11 is 6.04. The van der Waals surface area contributed by atoms with Gasteiger partial charge < -0.3 is 10.2 Å². The molecule has 2 N–H and O–H groups in total. The van der Waals surface area contributed by atoms with E-state index in [1.807, 2.05) is 6.07 Å². The van der Waals surface area contributed by atoms with E-state index in [0.29, 0.717) is 5.56 Å². The molecule has 2 atom stereocenters. The number of aliphatic hydroxyl groups excluding tert-OH is 1. The number of hydrogen-bond acceptors (Lipinski definition) is 5. The van der Waals surface area contributed by atoms with E-state index in [2.05, 4.69) is 4.98 Å². The van der Waals surface area contributed by atoms with E-state index >= 15 is 4.39 Å². The highest BCUT2D eigenvalue weighted by molar-refractivity contribution is 6.31. The Balaban J connectivity index is 1.89. The van der Waals surface area contributed by atoms with Crippen molar-refractivity contribution >= 4 is 17.4 Å². The number of aromatic nitrogens is 1. The Hall–Kier alpha value is -2.40. The first kappa shape index (κ1) is 21.3. The van der Waals surface area contributed by atoms with Gasteiger partial charge >= 0.3 is 0 Å². The number of rotatable bonds is 6. The van der Waals surface area contributed by atoms with Gasteiger partial charge in [-0.05, 0) is 48.6 Å². The van der Waals surface area contributed by atoms with Crippen LogP contribution >= 0.6 is 11.6 Å². The minimum absolute atomic E-state index is 0.000452. The van der Waals surface area contributed by atoms with Gasteiger partial charge in [-0.1, -0.05) is 17.7 Å². The quantitative estimate of drug-likeness (QED) is 0.744. The Kier molecular flexibility index (Phi) is 5.99. The Morgan fingerprint density at radius 1 is 1.38 bits per heavy atom. The molecule has 29 heavy (non-hydrogen) atoms. The van der Waals surface area contributed by atoms with Crippen LogP contribution in [0.15, 0.2) is 30.5 Å². The van der Waals surface area contributed by atoms with E-state index in [-0.39, 0.29) is 53.9 Å². The van der Waals surface area contributed by atoms with Crippen molar-refractivity contribution in [2.24, 2.45) is 0 Å².